The maximum atomic E-state index is 13.6. The normalized spacial score (nSPS) is 18.4. The van der Waals surface area contributed by atoms with Gasteiger partial charge in [0, 0.05) is 43.5 Å². The molecule has 186 valence electrons. The lowest BCUT2D eigenvalue weighted by atomic mass is 9.99. The van der Waals surface area contributed by atoms with Gasteiger partial charge in [-0.2, -0.15) is 0 Å². The van der Waals surface area contributed by atoms with Gasteiger partial charge >= 0.3 is 0 Å². The van der Waals surface area contributed by atoms with E-state index < -0.39 is 0 Å². The van der Waals surface area contributed by atoms with Crippen molar-refractivity contribution in [1.82, 2.24) is 19.8 Å². The Morgan fingerprint density at radius 3 is 2.67 bits per heavy atom. The topological polar surface area (TPSA) is 78.8 Å². The monoisotopic (exact) mass is 484 g/mol. The number of hydrogen-bond donors (Lipinski definition) is 1. The van der Waals surface area contributed by atoms with Gasteiger partial charge in [0.25, 0.3) is 5.91 Å². The van der Waals surface area contributed by atoms with E-state index in [0.717, 1.165) is 6.54 Å². The van der Waals surface area contributed by atoms with Crippen molar-refractivity contribution in [2.45, 2.75) is 32.5 Å². The average molecular weight is 485 g/mol. The van der Waals surface area contributed by atoms with Crippen LogP contribution in [0.1, 0.15) is 41.0 Å². The van der Waals surface area contributed by atoms with Gasteiger partial charge in [0.05, 0.1) is 12.6 Å². The Hall–Kier alpha value is -3.73. The summed E-state index contributed by atoms with van der Waals surface area (Å²) in [6, 6.07) is 17.2. The molecule has 2 aromatic heterocycles. The largest absolute Gasteiger partial charge is 0.472 e. The maximum absolute atomic E-state index is 13.6. The van der Waals surface area contributed by atoms with Gasteiger partial charge in [-0.15, -0.1) is 0 Å². The molecule has 0 aliphatic carbocycles. The van der Waals surface area contributed by atoms with E-state index in [0.29, 0.717) is 35.8 Å². The van der Waals surface area contributed by atoms with E-state index in [1.54, 1.807) is 23.4 Å². The van der Waals surface area contributed by atoms with Crippen molar-refractivity contribution in [3.05, 3.63) is 89.4 Å². The van der Waals surface area contributed by atoms with Gasteiger partial charge in [-0.25, -0.2) is 9.97 Å². The molecule has 0 radical (unpaired) electrons. The van der Waals surface area contributed by atoms with Gasteiger partial charge in [0.15, 0.2) is 0 Å². The molecule has 36 heavy (non-hydrogen) atoms. The Morgan fingerprint density at radius 2 is 1.94 bits per heavy atom. The van der Waals surface area contributed by atoms with Crippen molar-refractivity contribution in [2.75, 3.05) is 26.7 Å². The number of hydrogen-bond acceptors (Lipinski definition) is 6. The molecular formula is C29H32N4O3. The van der Waals surface area contributed by atoms with E-state index in [4.69, 9.17) is 4.74 Å². The molecule has 0 saturated heterocycles. The van der Waals surface area contributed by atoms with Crippen molar-refractivity contribution in [1.29, 1.82) is 0 Å². The van der Waals surface area contributed by atoms with Crippen LogP contribution in [-0.4, -0.2) is 69.7 Å². The highest BCUT2D eigenvalue weighted by atomic mass is 16.5. The number of benzene rings is 1. The lowest BCUT2D eigenvalue weighted by molar-refractivity contribution is 0.0325. The first kappa shape index (κ1) is 25.4. The highest BCUT2D eigenvalue weighted by Gasteiger charge is 2.34. The molecule has 4 rings (SSSR count). The van der Waals surface area contributed by atoms with Crippen molar-refractivity contribution in [3.8, 4) is 17.7 Å². The minimum atomic E-state index is -0.336. The van der Waals surface area contributed by atoms with Crippen LogP contribution in [0.4, 0.5) is 0 Å². The number of fused-ring (bicyclic) bond motifs is 1. The van der Waals surface area contributed by atoms with Gasteiger partial charge in [-0.3, -0.25) is 9.69 Å². The Morgan fingerprint density at radius 1 is 1.17 bits per heavy atom. The summed E-state index contributed by atoms with van der Waals surface area (Å²) in [5.41, 5.74) is 2.81. The lowest BCUT2D eigenvalue weighted by Gasteiger charge is -2.37. The summed E-state index contributed by atoms with van der Waals surface area (Å²) in [5, 5.41) is 9.86. The summed E-state index contributed by atoms with van der Waals surface area (Å²) in [6.45, 7) is 5.71. The van der Waals surface area contributed by atoms with Crippen LogP contribution in [0.2, 0.25) is 0 Å². The quantitative estimate of drug-likeness (QED) is 0.542. The standard InChI is InChI=1S/C29H32N4O3/c1-21-17-33(22(2)20-34)29(35)26-15-24(12-13-25-11-7-8-14-30-25)16-31-28(26)36-27(21)19-32(3)18-23-9-5-4-6-10-23/h4-11,14-16,21-22,27,34H,17-20H2,1-3H3/t21-,22-,27-/m1/s1. The number of amides is 1. The molecule has 3 atom stereocenters. The molecule has 7 heteroatoms. The van der Waals surface area contributed by atoms with Crippen LogP contribution in [-0.2, 0) is 6.54 Å². The van der Waals surface area contributed by atoms with E-state index >= 15 is 0 Å². The van der Waals surface area contributed by atoms with Crippen LogP contribution < -0.4 is 4.74 Å². The predicted molar refractivity (Wildman–Crippen MR) is 138 cm³/mol. The SMILES string of the molecule is C[C@@H]1CN([C@H](C)CO)C(=O)c2cc(C#Cc3ccccn3)cnc2O[C@@H]1CN(C)Cc1ccccc1. The molecule has 0 spiro atoms. The molecule has 1 aromatic carbocycles. The lowest BCUT2D eigenvalue weighted by Crippen LogP contribution is -2.49. The zero-order valence-corrected chi connectivity index (χ0v) is 21.0. The average Bonchev–Trinajstić information content (AvgIpc) is 2.90. The zero-order valence-electron chi connectivity index (χ0n) is 21.0. The number of aliphatic hydroxyl groups excluding tert-OH is 1. The van der Waals surface area contributed by atoms with Crippen molar-refractivity contribution in [2.24, 2.45) is 5.92 Å². The fourth-order valence-corrected chi connectivity index (χ4v) is 4.23. The number of rotatable bonds is 6. The maximum Gasteiger partial charge on any atom is 0.259 e. The minimum Gasteiger partial charge on any atom is -0.472 e. The van der Waals surface area contributed by atoms with Gasteiger partial charge in [-0.1, -0.05) is 49.2 Å². The molecule has 1 N–H and O–H groups in total. The van der Waals surface area contributed by atoms with Crippen molar-refractivity contribution >= 4 is 5.91 Å². The summed E-state index contributed by atoms with van der Waals surface area (Å²) in [6.07, 6.45) is 3.11. The van der Waals surface area contributed by atoms with Crippen molar-refractivity contribution < 1.29 is 14.6 Å². The predicted octanol–water partition coefficient (Wildman–Crippen LogP) is 3.23. The molecule has 7 nitrogen and oxygen atoms in total. The summed E-state index contributed by atoms with van der Waals surface area (Å²) >= 11 is 0. The number of ether oxygens (including phenoxy) is 1. The van der Waals surface area contributed by atoms with E-state index in [9.17, 15) is 9.90 Å². The number of carbonyl (C=O) groups is 1. The molecule has 3 heterocycles. The number of likely N-dealkylation sites (N-methyl/N-ethyl adjacent to an activating group) is 1. The second kappa shape index (κ2) is 11.8. The molecular weight excluding hydrogens is 452 g/mol. The van der Waals surface area contributed by atoms with Gasteiger partial charge in [-0.05, 0) is 43.7 Å². The third kappa shape index (κ3) is 6.28. The second-order valence-corrected chi connectivity index (χ2v) is 9.35. The molecule has 0 bridgehead atoms. The Balaban J connectivity index is 1.63. The van der Waals surface area contributed by atoms with Crippen LogP contribution >= 0.6 is 0 Å². The first-order chi connectivity index (χ1) is 17.4. The Labute approximate surface area is 212 Å². The van der Waals surface area contributed by atoms with Crippen LogP contribution in [0.5, 0.6) is 5.88 Å². The molecule has 1 aliphatic rings. The minimum absolute atomic E-state index is 0.0275. The second-order valence-electron chi connectivity index (χ2n) is 9.35. The van der Waals surface area contributed by atoms with Crippen LogP contribution in [0.3, 0.4) is 0 Å². The zero-order chi connectivity index (χ0) is 25.5. The molecule has 0 unspecified atom stereocenters. The number of aliphatic hydroxyl groups is 1. The van der Waals surface area contributed by atoms with Gasteiger partial charge in [0.1, 0.15) is 17.4 Å². The third-order valence-electron chi connectivity index (χ3n) is 6.31. The van der Waals surface area contributed by atoms with Crippen LogP contribution in [0.25, 0.3) is 0 Å². The molecule has 3 aromatic rings. The summed E-state index contributed by atoms with van der Waals surface area (Å²) in [5.74, 6) is 6.16. The Bertz CT molecular complexity index is 1220. The Kier molecular flexibility index (Phi) is 8.32. The number of carbonyl (C=O) groups excluding carboxylic acids is 1. The first-order valence-corrected chi connectivity index (χ1v) is 12.2. The third-order valence-corrected chi connectivity index (χ3v) is 6.31. The highest BCUT2D eigenvalue weighted by Crippen LogP contribution is 2.27. The highest BCUT2D eigenvalue weighted by molar-refractivity contribution is 5.97. The molecule has 0 saturated carbocycles. The summed E-state index contributed by atoms with van der Waals surface area (Å²) < 4.78 is 6.38. The van der Waals surface area contributed by atoms with Crippen molar-refractivity contribution in [3.63, 3.8) is 0 Å². The molecule has 1 amide bonds. The number of nitrogens with zero attached hydrogens (tertiary/aromatic N) is 4. The van der Waals surface area contributed by atoms with E-state index in [1.165, 1.54) is 5.56 Å². The number of aromatic nitrogens is 2. The fraction of sp³-hybridized carbons (Fsp3) is 0.345. The smallest absolute Gasteiger partial charge is 0.259 e. The van der Waals surface area contributed by atoms with Crippen LogP contribution in [0, 0.1) is 17.8 Å². The van der Waals surface area contributed by atoms with E-state index in [-0.39, 0.29) is 30.6 Å². The van der Waals surface area contributed by atoms with Gasteiger partial charge in [0.2, 0.25) is 5.88 Å². The van der Waals surface area contributed by atoms with Gasteiger partial charge < -0.3 is 14.7 Å². The number of pyridine rings is 2. The fourth-order valence-electron chi connectivity index (χ4n) is 4.23. The summed E-state index contributed by atoms with van der Waals surface area (Å²) in [7, 11) is 2.06. The van der Waals surface area contributed by atoms with Crippen LogP contribution in [0.15, 0.2) is 67.0 Å². The molecule has 0 fully saturated rings. The molecule has 1 aliphatic heterocycles. The first-order valence-electron chi connectivity index (χ1n) is 12.2. The van der Waals surface area contributed by atoms with E-state index in [2.05, 4.69) is 52.8 Å². The van der Waals surface area contributed by atoms with E-state index in [1.807, 2.05) is 43.3 Å². The summed E-state index contributed by atoms with van der Waals surface area (Å²) in [4.78, 5) is 26.2.